The normalized spacial score (nSPS) is 24.1. The first-order chi connectivity index (χ1) is 16.8. The molecule has 0 saturated heterocycles. The summed E-state index contributed by atoms with van der Waals surface area (Å²) >= 11 is 0. The summed E-state index contributed by atoms with van der Waals surface area (Å²) in [6.07, 6.45) is -0.251. The highest BCUT2D eigenvalue weighted by Gasteiger charge is 2.59. The van der Waals surface area contributed by atoms with Gasteiger partial charge in [-0.15, -0.1) is 0 Å². The van der Waals surface area contributed by atoms with E-state index in [-0.39, 0.29) is 13.0 Å². The summed E-state index contributed by atoms with van der Waals surface area (Å²) in [4.78, 5) is 46.4. The van der Waals surface area contributed by atoms with Crippen LogP contribution in [0.1, 0.15) is 27.9 Å². The summed E-state index contributed by atoms with van der Waals surface area (Å²) in [5.74, 6) is -3.07. The molecule has 35 heavy (non-hydrogen) atoms. The first-order valence-corrected chi connectivity index (χ1v) is 11.4. The number of halogens is 1. The van der Waals surface area contributed by atoms with Crippen LogP contribution in [0.5, 0.6) is 0 Å². The van der Waals surface area contributed by atoms with Crippen molar-refractivity contribution in [2.75, 3.05) is 18.5 Å². The molecule has 0 radical (unpaired) electrons. The average Bonchev–Trinajstić information content (AvgIpc) is 3.01. The van der Waals surface area contributed by atoms with Crippen molar-refractivity contribution in [3.63, 3.8) is 0 Å². The second-order valence-electron chi connectivity index (χ2n) is 8.96. The molecule has 1 heterocycles. The first-order valence-electron chi connectivity index (χ1n) is 11.4. The standard InChI is InChI=1S/C28H24FN3O3/c1-32-22-14-8-6-12-19(22)25(18-11-5-7-13-21(18)29)31-16-23(32)28(30)24(33)15-20(27(28)35)26(34)17-9-3-2-4-10-17/h2-14,20,23H,15-16,30H2,1H3. The number of aliphatic imine (C=N–C) groups is 1. The van der Waals surface area contributed by atoms with Crippen LogP contribution in [0.2, 0.25) is 0 Å². The number of para-hydroxylation sites is 1. The van der Waals surface area contributed by atoms with Gasteiger partial charge in [0.25, 0.3) is 0 Å². The van der Waals surface area contributed by atoms with Gasteiger partial charge in [0.1, 0.15) is 5.82 Å². The van der Waals surface area contributed by atoms with Crippen LogP contribution in [0.25, 0.3) is 0 Å². The Bertz CT molecular complexity index is 1370. The Hall–Kier alpha value is -3.97. The molecule has 0 bridgehead atoms. The number of carbonyl (C=O) groups excluding carboxylic acids is 3. The van der Waals surface area contributed by atoms with Crippen molar-refractivity contribution in [1.29, 1.82) is 0 Å². The van der Waals surface area contributed by atoms with Crippen molar-refractivity contribution >= 4 is 28.7 Å². The average molecular weight is 470 g/mol. The van der Waals surface area contributed by atoms with Crippen LogP contribution in [-0.2, 0) is 9.59 Å². The van der Waals surface area contributed by atoms with E-state index in [9.17, 15) is 18.8 Å². The van der Waals surface area contributed by atoms with Gasteiger partial charge in [0.2, 0.25) is 0 Å². The number of fused-ring (bicyclic) bond motifs is 1. The smallest absolute Gasteiger partial charge is 0.173 e. The molecule has 6 nitrogen and oxygen atoms in total. The van der Waals surface area contributed by atoms with Gasteiger partial charge < -0.3 is 10.6 Å². The third-order valence-electron chi connectivity index (χ3n) is 7.03. The molecule has 0 aromatic heterocycles. The van der Waals surface area contributed by atoms with E-state index in [2.05, 4.69) is 4.99 Å². The van der Waals surface area contributed by atoms with Crippen LogP contribution < -0.4 is 10.6 Å². The molecule has 0 amide bonds. The lowest BCUT2D eigenvalue weighted by atomic mass is 9.83. The van der Waals surface area contributed by atoms with Crippen LogP contribution in [0.3, 0.4) is 0 Å². The van der Waals surface area contributed by atoms with Gasteiger partial charge in [-0.05, 0) is 18.2 Å². The van der Waals surface area contributed by atoms with E-state index in [1.807, 2.05) is 24.3 Å². The second kappa shape index (κ2) is 8.67. The summed E-state index contributed by atoms with van der Waals surface area (Å²) in [5.41, 5.74) is 7.14. The molecule has 2 aliphatic rings. The Morgan fingerprint density at radius 1 is 0.971 bits per heavy atom. The van der Waals surface area contributed by atoms with Crippen molar-refractivity contribution in [2.45, 2.75) is 18.0 Å². The fourth-order valence-electron chi connectivity index (χ4n) is 5.11. The summed E-state index contributed by atoms with van der Waals surface area (Å²) in [6, 6.07) is 21.2. The molecule has 0 spiro atoms. The van der Waals surface area contributed by atoms with Crippen LogP contribution in [0, 0.1) is 11.7 Å². The first kappa shape index (κ1) is 22.8. The van der Waals surface area contributed by atoms with E-state index in [1.165, 1.54) is 6.07 Å². The number of rotatable bonds is 4. The van der Waals surface area contributed by atoms with E-state index in [0.29, 0.717) is 28.1 Å². The predicted octanol–water partition coefficient (Wildman–Crippen LogP) is 3.22. The predicted molar refractivity (Wildman–Crippen MR) is 131 cm³/mol. The maximum absolute atomic E-state index is 14.7. The van der Waals surface area contributed by atoms with Gasteiger partial charge in [-0.2, -0.15) is 0 Å². The fourth-order valence-corrected chi connectivity index (χ4v) is 5.11. The monoisotopic (exact) mass is 469 g/mol. The van der Waals surface area contributed by atoms with Crippen LogP contribution in [-0.4, -0.2) is 48.2 Å². The SMILES string of the molecule is CN1c2ccccc2C(c2ccccc2F)=NCC1C1(N)C(=O)CC(C(=O)c2ccccc2)C1=O. The molecule has 1 fully saturated rings. The zero-order chi connectivity index (χ0) is 24.7. The third-order valence-corrected chi connectivity index (χ3v) is 7.03. The van der Waals surface area contributed by atoms with Gasteiger partial charge in [-0.1, -0.05) is 60.7 Å². The Balaban J connectivity index is 1.57. The molecule has 2 N–H and O–H groups in total. The lowest BCUT2D eigenvalue weighted by Crippen LogP contribution is -2.66. The molecule has 176 valence electrons. The zero-order valence-electron chi connectivity index (χ0n) is 19.1. The summed E-state index contributed by atoms with van der Waals surface area (Å²) in [5, 5.41) is 0. The topological polar surface area (TPSA) is 92.8 Å². The lowest BCUT2D eigenvalue weighted by molar-refractivity contribution is -0.130. The van der Waals surface area contributed by atoms with Gasteiger partial charge in [0.15, 0.2) is 22.9 Å². The zero-order valence-corrected chi connectivity index (χ0v) is 19.1. The molecular weight excluding hydrogens is 445 g/mol. The highest BCUT2D eigenvalue weighted by molar-refractivity contribution is 6.28. The Labute approximate surface area is 202 Å². The highest BCUT2D eigenvalue weighted by atomic mass is 19.1. The molecule has 1 aliphatic heterocycles. The number of anilines is 1. The molecule has 3 aromatic carbocycles. The minimum Gasteiger partial charge on any atom is -0.366 e. The Morgan fingerprint density at radius 3 is 2.31 bits per heavy atom. The van der Waals surface area contributed by atoms with Gasteiger partial charge >= 0.3 is 0 Å². The van der Waals surface area contributed by atoms with Gasteiger partial charge in [-0.3, -0.25) is 19.4 Å². The Morgan fingerprint density at radius 2 is 1.60 bits per heavy atom. The number of hydrogen-bond acceptors (Lipinski definition) is 6. The number of Topliss-reactive ketones (excluding diaryl/α,β-unsaturated/α-hetero) is 3. The molecule has 3 unspecified atom stereocenters. The molecule has 1 aliphatic carbocycles. The van der Waals surface area contributed by atoms with Gasteiger partial charge in [0.05, 0.1) is 24.2 Å². The number of benzene rings is 3. The van der Waals surface area contributed by atoms with Crippen LogP contribution in [0.4, 0.5) is 10.1 Å². The minimum absolute atomic E-state index is 0.0188. The summed E-state index contributed by atoms with van der Waals surface area (Å²) < 4.78 is 14.7. The molecule has 1 saturated carbocycles. The largest absolute Gasteiger partial charge is 0.366 e. The quantitative estimate of drug-likeness (QED) is 0.468. The van der Waals surface area contributed by atoms with Gasteiger partial charge in [-0.25, -0.2) is 4.39 Å². The number of benzodiazepines with no additional fused rings is 1. The van der Waals surface area contributed by atoms with Crippen molar-refractivity contribution in [3.8, 4) is 0 Å². The maximum Gasteiger partial charge on any atom is 0.173 e. The molecule has 7 heteroatoms. The van der Waals surface area contributed by atoms with Crippen LogP contribution >= 0.6 is 0 Å². The number of likely N-dealkylation sites (N-methyl/N-ethyl adjacent to an activating group) is 1. The molecule has 5 rings (SSSR count). The summed E-state index contributed by atoms with van der Waals surface area (Å²) in [6.45, 7) is -0.0188. The van der Waals surface area contributed by atoms with E-state index in [4.69, 9.17) is 5.73 Å². The van der Waals surface area contributed by atoms with Crippen molar-refractivity contribution in [3.05, 3.63) is 101 Å². The van der Waals surface area contributed by atoms with E-state index in [1.54, 1.807) is 60.5 Å². The molecule has 3 atom stereocenters. The van der Waals surface area contributed by atoms with Gasteiger partial charge in [0, 0.05) is 35.8 Å². The number of nitrogens with two attached hydrogens (primary N) is 1. The fraction of sp³-hybridized carbons (Fsp3) is 0.214. The van der Waals surface area contributed by atoms with E-state index < -0.39 is 40.7 Å². The second-order valence-corrected chi connectivity index (χ2v) is 8.96. The van der Waals surface area contributed by atoms with Crippen molar-refractivity contribution in [2.24, 2.45) is 16.6 Å². The third kappa shape index (κ3) is 3.59. The maximum atomic E-state index is 14.7. The number of ketones is 3. The molecule has 3 aromatic rings. The molecular formula is C28H24FN3O3. The van der Waals surface area contributed by atoms with E-state index in [0.717, 1.165) is 0 Å². The lowest BCUT2D eigenvalue weighted by Gasteiger charge is -2.38. The Kier molecular flexibility index (Phi) is 5.65. The van der Waals surface area contributed by atoms with E-state index >= 15 is 0 Å². The van der Waals surface area contributed by atoms with Crippen molar-refractivity contribution in [1.82, 2.24) is 0 Å². The highest BCUT2D eigenvalue weighted by Crippen LogP contribution is 2.37. The number of hydrogen-bond donors (Lipinski definition) is 1. The summed E-state index contributed by atoms with van der Waals surface area (Å²) in [7, 11) is 1.74. The van der Waals surface area contributed by atoms with Crippen molar-refractivity contribution < 1.29 is 18.8 Å². The van der Waals surface area contributed by atoms with Crippen LogP contribution in [0.15, 0.2) is 83.9 Å². The minimum atomic E-state index is -1.93. The number of nitrogens with zero attached hydrogens (tertiary/aromatic N) is 2. The number of carbonyl (C=O) groups is 3.